The molecular weight excluding hydrogens is 339 g/mol. The summed E-state index contributed by atoms with van der Waals surface area (Å²) in [5.41, 5.74) is -1.28. The van der Waals surface area contributed by atoms with Gasteiger partial charge in [-0.05, 0) is 68.4 Å². The van der Waals surface area contributed by atoms with E-state index in [1.54, 1.807) is 0 Å². The maximum Gasteiger partial charge on any atom is 0.417 e. The Labute approximate surface area is 143 Å². The van der Waals surface area contributed by atoms with Crippen LogP contribution in [-0.2, 0) is 6.18 Å². The molecule has 0 atom stereocenters. The number of alkyl halides is 3. The van der Waals surface area contributed by atoms with Crippen molar-refractivity contribution in [1.82, 2.24) is 5.32 Å². The van der Waals surface area contributed by atoms with Gasteiger partial charge in [-0.3, -0.25) is 4.79 Å². The molecule has 1 aromatic rings. The number of nitrogens with one attached hydrogen (secondary N) is 1. The fourth-order valence-electron chi connectivity index (χ4n) is 5.50. The van der Waals surface area contributed by atoms with Gasteiger partial charge in [-0.15, -0.1) is 0 Å². The van der Waals surface area contributed by atoms with Crippen LogP contribution >= 0.6 is 11.6 Å². The number of carbonyl (C=O) groups is 1. The molecule has 1 aromatic carbocycles. The number of rotatable bonds is 2. The first kappa shape index (κ1) is 16.2. The zero-order valence-corrected chi connectivity index (χ0v) is 13.9. The third-order valence-electron chi connectivity index (χ3n) is 5.97. The summed E-state index contributed by atoms with van der Waals surface area (Å²) in [7, 11) is 0. The second-order valence-corrected chi connectivity index (χ2v) is 8.19. The van der Waals surface area contributed by atoms with Gasteiger partial charge in [0.25, 0.3) is 5.91 Å². The van der Waals surface area contributed by atoms with Crippen molar-refractivity contribution >= 4 is 17.5 Å². The molecule has 2 nitrogen and oxygen atoms in total. The highest BCUT2D eigenvalue weighted by molar-refractivity contribution is 6.34. The molecule has 4 aliphatic carbocycles. The van der Waals surface area contributed by atoms with Crippen LogP contribution in [0.5, 0.6) is 0 Å². The van der Waals surface area contributed by atoms with Crippen LogP contribution in [0.25, 0.3) is 0 Å². The second kappa shape index (κ2) is 5.38. The first-order valence-corrected chi connectivity index (χ1v) is 8.82. The molecular formula is C18H19ClF3NO. The number of halogens is 4. The highest BCUT2D eigenvalue weighted by atomic mass is 35.5. The average Bonchev–Trinajstić information content (AvgIpc) is 2.43. The smallest absolute Gasteiger partial charge is 0.347 e. The average molecular weight is 358 g/mol. The summed E-state index contributed by atoms with van der Waals surface area (Å²) < 4.78 is 39.0. The highest BCUT2D eigenvalue weighted by Gasteiger charge is 2.51. The van der Waals surface area contributed by atoms with E-state index >= 15 is 0 Å². The number of carbonyl (C=O) groups excluding carboxylic acids is 1. The maximum absolute atomic E-state index is 13.0. The summed E-state index contributed by atoms with van der Waals surface area (Å²) >= 11 is 5.89. The quantitative estimate of drug-likeness (QED) is 0.787. The zero-order chi connectivity index (χ0) is 17.1. The van der Waals surface area contributed by atoms with Gasteiger partial charge >= 0.3 is 6.18 Å². The largest absolute Gasteiger partial charge is 0.417 e. The summed E-state index contributed by atoms with van der Waals surface area (Å²) in [4.78, 5) is 12.7. The van der Waals surface area contributed by atoms with Crippen molar-refractivity contribution in [2.24, 2.45) is 17.8 Å². The van der Waals surface area contributed by atoms with Crippen LogP contribution < -0.4 is 5.32 Å². The molecule has 4 aliphatic rings. The Balaban J connectivity index is 1.59. The minimum absolute atomic E-state index is 0.0813. The van der Waals surface area contributed by atoms with Gasteiger partial charge in [0.05, 0.1) is 16.1 Å². The molecule has 0 aliphatic heterocycles. The van der Waals surface area contributed by atoms with Crippen LogP contribution in [0.4, 0.5) is 13.2 Å². The van der Waals surface area contributed by atoms with E-state index in [-0.39, 0.29) is 11.1 Å². The number of hydrogen-bond acceptors (Lipinski definition) is 1. The Hall–Kier alpha value is -1.23. The molecule has 0 heterocycles. The SMILES string of the molecule is O=C(NC12CC3CC(CC(C3)C1)C2)c1cccc(C(F)(F)F)c1Cl. The van der Waals surface area contributed by atoms with Gasteiger partial charge in [-0.25, -0.2) is 0 Å². The van der Waals surface area contributed by atoms with Gasteiger partial charge in [0.2, 0.25) is 0 Å². The first-order chi connectivity index (χ1) is 11.3. The molecule has 4 fully saturated rings. The second-order valence-electron chi connectivity index (χ2n) is 7.82. The van der Waals surface area contributed by atoms with E-state index in [4.69, 9.17) is 11.6 Å². The predicted octanol–water partition coefficient (Wildman–Crippen LogP) is 5.06. The van der Waals surface area contributed by atoms with E-state index in [1.807, 2.05) is 0 Å². The monoisotopic (exact) mass is 357 g/mol. The highest BCUT2D eigenvalue weighted by Crippen LogP contribution is 2.55. The minimum Gasteiger partial charge on any atom is -0.347 e. The van der Waals surface area contributed by atoms with Gasteiger partial charge in [0.15, 0.2) is 0 Å². The van der Waals surface area contributed by atoms with Crippen molar-refractivity contribution in [3.8, 4) is 0 Å². The van der Waals surface area contributed by atoms with Crippen molar-refractivity contribution in [3.05, 3.63) is 34.3 Å². The maximum atomic E-state index is 13.0. The van der Waals surface area contributed by atoms with E-state index in [9.17, 15) is 18.0 Å². The lowest BCUT2D eigenvalue weighted by molar-refractivity contribution is -0.137. The van der Waals surface area contributed by atoms with Crippen LogP contribution in [0.3, 0.4) is 0 Å². The molecule has 4 saturated carbocycles. The van der Waals surface area contributed by atoms with Gasteiger partial charge in [0, 0.05) is 5.54 Å². The van der Waals surface area contributed by atoms with Crippen LogP contribution in [-0.4, -0.2) is 11.4 Å². The van der Waals surface area contributed by atoms with E-state index in [1.165, 1.54) is 31.4 Å². The summed E-state index contributed by atoms with van der Waals surface area (Å²) in [6, 6.07) is 3.51. The molecule has 0 radical (unpaired) electrons. The third kappa shape index (κ3) is 2.71. The molecule has 130 valence electrons. The lowest BCUT2D eigenvalue weighted by Gasteiger charge is -2.56. The van der Waals surface area contributed by atoms with Crippen LogP contribution in [0.1, 0.15) is 54.4 Å². The molecule has 4 bridgehead atoms. The molecule has 0 aromatic heterocycles. The van der Waals surface area contributed by atoms with Gasteiger partial charge < -0.3 is 5.32 Å². The van der Waals surface area contributed by atoms with Gasteiger partial charge in [-0.2, -0.15) is 13.2 Å². The standard InChI is InChI=1S/C18H19ClF3NO/c19-15-13(2-1-3-14(15)18(20,21)22)16(24)23-17-7-10-4-11(8-17)6-12(5-10)9-17/h1-3,10-12H,4-9H2,(H,23,24). The molecule has 24 heavy (non-hydrogen) atoms. The summed E-state index contributed by atoms with van der Waals surface area (Å²) in [5.74, 6) is 1.46. The predicted molar refractivity (Wildman–Crippen MR) is 84.8 cm³/mol. The molecule has 1 N–H and O–H groups in total. The first-order valence-electron chi connectivity index (χ1n) is 8.44. The topological polar surface area (TPSA) is 29.1 Å². The van der Waals surface area contributed by atoms with E-state index in [0.29, 0.717) is 17.8 Å². The Bertz CT molecular complexity index is 650. The molecule has 5 rings (SSSR count). The van der Waals surface area contributed by atoms with E-state index in [0.717, 1.165) is 25.3 Å². The third-order valence-corrected chi connectivity index (χ3v) is 6.37. The lowest BCUT2D eigenvalue weighted by atomic mass is 9.53. The van der Waals surface area contributed by atoms with Crippen molar-refractivity contribution in [3.63, 3.8) is 0 Å². The molecule has 0 spiro atoms. The van der Waals surface area contributed by atoms with E-state index < -0.39 is 22.7 Å². The van der Waals surface area contributed by atoms with Gasteiger partial charge in [0.1, 0.15) is 0 Å². The van der Waals surface area contributed by atoms with Crippen molar-refractivity contribution < 1.29 is 18.0 Å². The summed E-state index contributed by atoms with van der Waals surface area (Å²) in [6.07, 6.45) is 1.98. The summed E-state index contributed by atoms with van der Waals surface area (Å²) in [6.45, 7) is 0. The van der Waals surface area contributed by atoms with Crippen LogP contribution in [0.15, 0.2) is 18.2 Å². The number of hydrogen-bond donors (Lipinski definition) is 1. The lowest BCUT2D eigenvalue weighted by Crippen LogP contribution is -2.59. The number of amides is 1. The van der Waals surface area contributed by atoms with Crippen molar-refractivity contribution in [2.45, 2.75) is 50.2 Å². The Morgan fingerprint density at radius 1 is 1.08 bits per heavy atom. The van der Waals surface area contributed by atoms with Crippen molar-refractivity contribution in [1.29, 1.82) is 0 Å². The molecule has 1 amide bonds. The van der Waals surface area contributed by atoms with Gasteiger partial charge in [-0.1, -0.05) is 17.7 Å². The normalized spacial score (nSPS) is 34.4. The van der Waals surface area contributed by atoms with Crippen LogP contribution in [0.2, 0.25) is 5.02 Å². The fraction of sp³-hybridized carbons (Fsp3) is 0.611. The van der Waals surface area contributed by atoms with Crippen LogP contribution in [0, 0.1) is 17.8 Å². The Kier molecular flexibility index (Phi) is 3.64. The minimum atomic E-state index is -4.56. The molecule has 0 saturated heterocycles. The van der Waals surface area contributed by atoms with Crippen molar-refractivity contribution in [2.75, 3.05) is 0 Å². The van der Waals surface area contributed by atoms with E-state index in [2.05, 4.69) is 5.32 Å². The molecule has 0 unspecified atom stereocenters. The Morgan fingerprint density at radius 2 is 1.62 bits per heavy atom. The summed E-state index contributed by atoms with van der Waals surface area (Å²) in [5, 5.41) is 2.56. The zero-order valence-electron chi connectivity index (χ0n) is 13.1. The number of benzene rings is 1. The molecule has 6 heteroatoms. The fourth-order valence-corrected chi connectivity index (χ4v) is 5.82. The Morgan fingerprint density at radius 3 is 2.12 bits per heavy atom.